The van der Waals surface area contributed by atoms with Gasteiger partial charge < -0.3 is 16.0 Å². The zero-order valence-corrected chi connectivity index (χ0v) is 18.0. The van der Waals surface area contributed by atoms with Gasteiger partial charge in [0.2, 0.25) is 16.9 Å². The lowest BCUT2D eigenvalue weighted by molar-refractivity contribution is -0.122. The van der Waals surface area contributed by atoms with Crippen molar-refractivity contribution in [2.75, 3.05) is 22.9 Å². The lowest BCUT2D eigenvalue weighted by atomic mass is 10.3. The minimum Gasteiger partial charge on any atom is -0.346 e. The van der Waals surface area contributed by atoms with E-state index in [-0.39, 0.29) is 24.1 Å². The highest BCUT2D eigenvalue weighted by atomic mass is 79.9. The highest BCUT2D eigenvalue weighted by Crippen LogP contribution is 2.28. The predicted molar refractivity (Wildman–Crippen MR) is 116 cm³/mol. The number of nitrogens with zero attached hydrogens (tertiary/aromatic N) is 2. The summed E-state index contributed by atoms with van der Waals surface area (Å²) in [6, 6.07) is 13.4. The number of nitrogens with one attached hydrogen (secondary N) is 3. The number of amides is 2. The van der Waals surface area contributed by atoms with Gasteiger partial charge >= 0.3 is 0 Å². The fourth-order valence-electron chi connectivity index (χ4n) is 2.11. The molecule has 3 rings (SSSR count). The zero-order chi connectivity index (χ0) is 20.6. The number of carbonyl (C=O) groups is 2. The molecule has 0 unspecified atom stereocenters. The number of carbonyl (C=O) groups excluding carboxylic acids is 2. The summed E-state index contributed by atoms with van der Waals surface area (Å²) in [5.74, 6) is -0.952. The largest absolute Gasteiger partial charge is 0.346 e. The number of hydrogen-bond donors (Lipinski definition) is 3. The Labute approximate surface area is 182 Å². The fourth-order valence-corrected chi connectivity index (χ4v) is 4.09. The maximum atomic E-state index is 13.6. The van der Waals surface area contributed by atoms with Crippen LogP contribution in [0.1, 0.15) is 0 Å². The van der Waals surface area contributed by atoms with Crippen molar-refractivity contribution in [3.63, 3.8) is 0 Å². The van der Waals surface area contributed by atoms with Crippen LogP contribution in [0.4, 0.5) is 20.9 Å². The molecule has 7 nitrogen and oxygen atoms in total. The molecule has 2 aromatic carbocycles. The Morgan fingerprint density at radius 1 is 1.03 bits per heavy atom. The molecule has 29 heavy (non-hydrogen) atoms. The maximum Gasteiger partial charge on any atom is 0.243 e. The number of para-hydroxylation sites is 2. The molecule has 150 valence electrons. The molecule has 11 heteroatoms. The second kappa shape index (κ2) is 10.3. The number of thioether (sulfide) groups is 1. The highest BCUT2D eigenvalue weighted by molar-refractivity contribution is 9.10. The molecular formula is C18H15BrFN5O2S2. The van der Waals surface area contributed by atoms with Crippen LogP contribution in [0, 0.1) is 5.82 Å². The summed E-state index contributed by atoms with van der Waals surface area (Å²) in [5.41, 5.74) is 0.930. The molecular weight excluding hydrogens is 481 g/mol. The first-order chi connectivity index (χ1) is 14.0. The van der Waals surface area contributed by atoms with Crippen LogP contribution < -0.4 is 16.0 Å². The van der Waals surface area contributed by atoms with Gasteiger partial charge in [-0.05, 0) is 40.2 Å². The number of halogens is 2. The fraction of sp³-hybridized carbons (Fsp3) is 0.111. The minimum absolute atomic E-state index is 0.0800. The van der Waals surface area contributed by atoms with Gasteiger partial charge in [0.15, 0.2) is 4.34 Å². The summed E-state index contributed by atoms with van der Waals surface area (Å²) in [6.07, 6.45) is 0. The smallest absolute Gasteiger partial charge is 0.243 e. The molecule has 3 N–H and O–H groups in total. The number of rotatable bonds is 8. The van der Waals surface area contributed by atoms with Crippen molar-refractivity contribution in [3.05, 3.63) is 58.8 Å². The number of benzene rings is 2. The first-order valence-electron chi connectivity index (χ1n) is 8.30. The molecule has 0 saturated carbocycles. The SMILES string of the molecule is O=C(CSc1nnc(Nc2ccccc2F)s1)NCC(=O)Nc1ccccc1Br. The molecule has 0 saturated heterocycles. The summed E-state index contributed by atoms with van der Waals surface area (Å²) in [6.45, 7) is -0.142. The van der Waals surface area contributed by atoms with E-state index in [2.05, 4.69) is 42.1 Å². The lowest BCUT2D eigenvalue weighted by Gasteiger charge is -2.08. The van der Waals surface area contributed by atoms with Crippen molar-refractivity contribution in [1.29, 1.82) is 0 Å². The quantitative estimate of drug-likeness (QED) is 0.408. The molecule has 0 atom stereocenters. The number of aromatic nitrogens is 2. The van der Waals surface area contributed by atoms with E-state index in [0.29, 0.717) is 20.8 Å². The Bertz CT molecular complexity index is 1020. The van der Waals surface area contributed by atoms with E-state index in [1.165, 1.54) is 29.2 Å². The Morgan fingerprint density at radius 3 is 2.52 bits per heavy atom. The Kier molecular flexibility index (Phi) is 7.55. The van der Waals surface area contributed by atoms with E-state index >= 15 is 0 Å². The van der Waals surface area contributed by atoms with Gasteiger partial charge in [-0.25, -0.2) is 4.39 Å². The van der Waals surface area contributed by atoms with Crippen LogP contribution in [-0.2, 0) is 9.59 Å². The average Bonchev–Trinajstić information content (AvgIpc) is 3.16. The Hall–Kier alpha value is -2.50. The molecule has 0 aliphatic rings. The molecule has 0 spiro atoms. The molecule has 2 amide bonds. The van der Waals surface area contributed by atoms with E-state index in [1.807, 2.05) is 12.1 Å². The van der Waals surface area contributed by atoms with Crippen LogP contribution in [0.15, 0.2) is 57.3 Å². The van der Waals surface area contributed by atoms with E-state index < -0.39 is 5.82 Å². The van der Waals surface area contributed by atoms with E-state index in [0.717, 1.165) is 4.47 Å². The van der Waals surface area contributed by atoms with Gasteiger partial charge in [0.25, 0.3) is 0 Å². The van der Waals surface area contributed by atoms with Crippen molar-refractivity contribution in [2.45, 2.75) is 4.34 Å². The van der Waals surface area contributed by atoms with E-state index in [9.17, 15) is 14.0 Å². The molecule has 0 fully saturated rings. The summed E-state index contributed by atoms with van der Waals surface area (Å²) in [4.78, 5) is 23.9. The summed E-state index contributed by atoms with van der Waals surface area (Å²) in [5, 5.41) is 16.4. The van der Waals surface area contributed by atoms with E-state index in [4.69, 9.17) is 0 Å². The Balaban J connectivity index is 1.42. The third-order valence-electron chi connectivity index (χ3n) is 3.44. The summed E-state index contributed by atoms with van der Waals surface area (Å²) < 4.78 is 15.0. The third kappa shape index (κ3) is 6.51. The number of anilines is 3. The van der Waals surface area contributed by atoms with Crippen molar-refractivity contribution in [2.24, 2.45) is 0 Å². The molecule has 0 aliphatic heterocycles. The second-order valence-corrected chi connectivity index (χ2v) is 8.63. The van der Waals surface area contributed by atoms with Crippen LogP contribution in [0.5, 0.6) is 0 Å². The van der Waals surface area contributed by atoms with Gasteiger partial charge in [0.05, 0.1) is 23.7 Å². The van der Waals surface area contributed by atoms with Gasteiger partial charge in [-0.15, -0.1) is 10.2 Å². The molecule has 0 aliphatic carbocycles. The van der Waals surface area contributed by atoms with Crippen LogP contribution in [-0.4, -0.2) is 34.3 Å². The van der Waals surface area contributed by atoms with Gasteiger partial charge in [0.1, 0.15) is 5.82 Å². The third-order valence-corrected chi connectivity index (χ3v) is 6.11. The average molecular weight is 496 g/mol. The first-order valence-corrected chi connectivity index (χ1v) is 10.9. The minimum atomic E-state index is -0.392. The van der Waals surface area contributed by atoms with Gasteiger partial charge in [-0.3, -0.25) is 9.59 Å². The molecule has 1 heterocycles. The normalized spacial score (nSPS) is 10.4. The summed E-state index contributed by atoms with van der Waals surface area (Å²) >= 11 is 5.73. The van der Waals surface area contributed by atoms with Crippen molar-refractivity contribution >= 4 is 67.3 Å². The second-order valence-electron chi connectivity index (χ2n) is 5.57. The number of hydrogen-bond acceptors (Lipinski definition) is 7. The van der Waals surface area contributed by atoms with Crippen molar-refractivity contribution < 1.29 is 14.0 Å². The van der Waals surface area contributed by atoms with Crippen molar-refractivity contribution in [1.82, 2.24) is 15.5 Å². The maximum absolute atomic E-state index is 13.6. The lowest BCUT2D eigenvalue weighted by Crippen LogP contribution is -2.33. The van der Waals surface area contributed by atoms with Crippen LogP contribution >= 0.6 is 39.0 Å². The predicted octanol–water partition coefficient (Wildman–Crippen LogP) is 4.03. The molecule has 0 bridgehead atoms. The first kappa shape index (κ1) is 21.2. The van der Waals surface area contributed by atoms with Gasteiger partial charge in [0, 0.05) is 4.47 Å². The molecule has 1 aromatic heterocycles. The topological polar surface area (TPSA) is 96.0 Å². The molecule has 0 radical (unpaired) electrons. The van der Waals surface area contributed by atoms with E-state index in [1.54, 1.807) is 30.3 Å². The summed E-state index contributed by atoms with van der Waals surface area (Å²) in [7, 11) is 0. The van der Waals surface area contributed by atoms with Gasteiger partial charge in [-0.2, -0.15) is 0 Å². The van der Waals surface area contributed by atoms with Crippen LogP contribution in [0.25, 0.3) is 0 Å². The van der Waals surface area contributed by atoms with Gasteiger partial charge in [-0.1, -0.05) is 47.4 Å². The van der Waals surface area contributed by atoms with Crippen LogP contribution in [0.2, 0.25) is 0 Å². The zero-order valence-electron chi connectivity index (χ0n) is 14.8. The highest BCUT2D eigenvalue weighted by Gasteiger charge is 2.11. The van der Waals surface area contributed by atoms with Crippen molar-refractivity contribution in [3.8, 4) is 0 Å². The Morgan fingerprint density at radius 2 is 1.76 bits per heavy atom. The molecule has 3 aromatic rings. The van der Waals surface area contributed by atoms with Crippen LogP contribution in [0.3, 0.4) is 0 Å². The monoisotopic (exact) mass is 495 g/mol. The standard InChI is InChI=1S/C18H15BrFN5O2S2/c19-11-5-1-3-7-13(11)22-15(26)9-21-16(27)10-28-18-25-24-17(29-18)23-14-8-4-2-6-12(14)20/h1-8H,9-10H2,(H,21,27)(H,22,26)(H,23,24).